The molecule has 2 aromatic rings. The van der Waals surface area contributed by atoms with Gasteiger partial charge in [-0.3, -0.25) is 9.59 Å². The SMILES string of the molecule is O=C(O)CCCNC(=O)CCc1nc2ccccc2[nH]1. The van der Waals surface area contributed by atoms with E-state index in [1.54, 1.807) is 0 Å². The zero-order valence-electron chi connectivity index (χ0n) is 11.1. The first-order valence-electron chi connectivity index (χ1n) is 6.57. The highest BCUT2D eigenvalue weighted by molar-refractivity contribution is 5.77. The van der Waals surface area contributed by atoms with E-state index < -0.39 is 5.97 Å². The minimum Gasteiger partial charge on any atom is -0.481 e. The van der Waals surface area contributed by atoms with Crippen LogP contribution in [0.25, 0.3) is 11.0 Å². The number of benzene rings is 1. The van der Waals surface area contributed by atoms with Gasteiger partial charge in [-0.2, -0.15) is 0 Å². The molecule has 0 fully saturated rings. The molecule has 6 heteroatoms. The summed E-state index contributed by atoms with van der Waals surface area (Å²) >= 11 is 0. The zero-order valence-corrected chi connectivity index (χ0v) is 11.1. The number of rotatable bonds is 7. The van der Waals surface area contributed by atoms with Crippen LogP contribution in [0.2, 0.25) is 0 Å². The summed E-state index contributed by atoms with van der Waals surface area (Å²) in [5.74, 6) is -0.149. The van der Waals surface area contributed by atoms with E-state index in [-0.39, 0.29) is 12.3 Å². The highest BCUT2D eigenvalue weighted by Gasteiger charge is 2.06. The molecule has 0 aliphatic heterocycles. The smallest absolute Gasteiger partial charge is 0.303 e. The van der Waals surface area contributed by atoms with E-state index >= 15 is 0 Å². The Kier molecular flexibility index (Phi) is 4.70. The monoisotopic (exact) mass is 275 g/mol. The fourth-order valence-electron chi connectivity index (χ4n) is 1.91. The maximum atomic E-state index is 11.6. The number of aliphatic carboxylic acids is 1. The van der Waals surface area contributed by atoms with Crippen LogP contribution in [0.15, 0.2) is 24.3 Å². The number of aryl methyl sites for hydroxylation is 1. The number of hydrogen-bond donors (Lipinski definition) is 3. The molecule has 6 nitrogen and oxygen atoms in total. The maximum absolute atomic E-state index is 11.6. The van der Waals surface area contributed by atoms with Crippen LogP contribution in [0.4, 0.5) is 0 Å². The van der Waals surface area contributed by atoms with Gasteiger partial charge in [0.15, 0.2) is 0 Å². The number of carbonyl (C=O) groups excluding carboxylic acids is 1. The number of para-hydroxylation sites is 2. The Labute approximate surface area is 116 Å². The molecule has 0 spiro atoms. The lowest BCUT2D eigenvalue weighted by Gasteiger charge is -2.02. The van der Waals surface area contributed by atoms with Gasteiger partial charge < -0.3 is 15.4 Å². The number of H-pyrrole nitrogens is 1. The van der Waals surface area contributed by atoms with Gasteiger partial charge in [0.1, 0.15) is 5.82 Å². The number of imidazole rings is 1. The highest BCUT2D eigenvalue weighted by atomic mass is 16.4. The number of carbonyl (C=O) groups is 2. The molecule has 0 radical (unpaired) electrons. The third-order valence-corrected chi connectivity index (χ3v) is 2.92. The predicted octanol–water partition coefficient (Wildman–Crippen LogP) is 1.48. The zero-order chi connectivity index (χ0) is 14.4. The Hall–Kier alpha value is -2.37. The molecular weight excluding hydrogens is 258 g/mol. The second-order valence-corrected chi connectivity index (χ2v) is 4.55. The van der Waals surface area contributed by atoms with Crippen molar-refractivity contribution >= 4 is 22.9 Å². The van der Waals surface area contributed by atoms with Crippen molar-refractivity contribution in [3.8, 4) is 0 Å². The van der Waals surface area contributed by atoms with Crippen molar-refractivity contribution in [1.82, 2.24) is 15.3 Å². The molecule has 1 amide bonds. The molecule has 1 aromatic carbocycles. The van der Waals surface area contributed by atoms with Gasteiger partial charge in [0, 0.05) is 25.8 Å². The summed E-state index contributed by atoms with van der Waals surface area (Å²) in [7, 11) is 0. The van der Waals surface area contributed by atoms with Gasteiger partial charge in [-0.15, -0.1) is 0 Å². The van der Waals surface area contributed by atoms with Crippen molar-refractivity contribution in [2.45, 2.75) is 25.7 Å². The largest absolute Gasteiger partial charge is 0.481 e. The van der Waals surface area contributed by atoms with Gasteiger partial charge >= 0.3 is 5.97 Å². The minimum absolute atomic E-state index is 0.0733. The van der Waals surface area contributed by atoms with Crippen LogP contribution >= 0.6 is 0 Å². The molecule has 0 atom stereocenters. The van der Waals surface area contributed by atoms with Crippen LogP contribution < -0.4 is 5.32 Å². The lowest BCUT2D eigenvalue weighted by atomic mass is 10.2. The number of nitrogens with zero attached hydrogens (tertiary/aromatic N) is 1. The van der Waals surface area contributed by atoms with Crippen LogP contribution in [-0.4, -0.2) is 33.5 Å². The summed E-state index contributed by atoms with van der Waals surface area (Å²) < 4.78 is 0. The Morgan fingerprint density at radius 1 is 1.25 bits per heavy atom. The number of fused-ring (bicyclic) bond motifs is 1. The lowest BCUT2D eigenvalue weighted by Crippen LogP contribution is -2.25. The summed E-state index contributed by atoms with van der Waals surface area (Å²) in [6.45, 7) is 0.394. The topological polar surface area (TPSA) is 95.1 Å². The standard InChI is InChI=1S/C14H17N3O3/c18-13(15-9-3-6-14(19)20)8-7-12-16-10-4-1-2-5-11(10)17-12/h1-2,4-5H,3,6-9H2,(H,15,18)(H,16,17)(H,19,20). The highest BCUT2D eigenvalue weighted by Crippen LogP contribution is 2.11. The molecule has 106 valence electrons. The molecule has 0 aliphatic carbocycles. The normalized spacial score (nSPS) is 10.6. The summed E-state index contributed by atoms with van der Waals surface area (Å²) in [6, 6.07) is 7.71. The summed E-state index contributed by atoms with van der Waals surface area (Å²) in [5, 5.41) is 11.2. The van der Waals surface area contributed by atoms with Crippen LogP contribution in [0.1, 0.15) is 25.1 Å². The van der Waals surface area contributed by atoms with Crippen LogP contribution in [-0.2, 0) is 16.0 Å². The number of carboxylic acids is 1. The summed E-state index contributed by atoms with van der Waals surface area (Å²) in [6.07, 6.45) is 1.40. The van der Waals surface area contributed by atoms with Gasteiger partial charge in [-0.25, -0.2) is 4.98 Å². The van der Waals surface area contributed by atoms with Crippen molar-refractivity contribution in [3.05, 3.63) is 30.1 Å². The van der Waals surface area contributed by atoms with E-state index in [4.69, 9.17) is 5.11 Å². The molecule has 3 N–H and O–H groups in total. The average Bonchev–Trinajstić information content (AvgIpc) is 2.84. The minimum atomic E-state index is -0.846. The van der Waals surface area contributed by atoms with Gasteiger partial charge in [-0.1, -0.05) is 12.1 Å². The fraction of sp³-hybridized carbons (Fsp3) is 0.357. The van der Waals surface area contributed by atoms with E-state index in [0.29, 0.717) is 25.8 Å². The molecule has 0 bridgehead atoms. The molecule has 1 aromatic heterocycles. The third-order valence-electron chi connectivity index (χ3n) is 2.92. The second-order valence-electron chi connectivity index (χ2n) is 4.55. The summed E-state index contributed by atoms with van der Waals surface area (Å²) in [4.78, 5) is 29.4. The summed E-state index contributed by atoms with van der Waals surface area (Å²) in [5.41, 5.74) is 1.86. The first-order valence-corrected chi connectivity index (χ1v) is 6.57. The first-order chi connectivity index (χ1) is 9.65. The van der Waals surface area contributed by atoms with E-state index in [9.17, 15) is 9.59 Å². The molecule has 0 aliphatic rings. The van der Waals surface area contributed by atoms with Crippen molar-refractivity contribution in [2.24, 2.45) is 0 Å². The van der Waals surface area contributed by atoms with E-state index in [2.05, 4.69) is 15.3 Å². The van der Waals surface area contributed by atoms with Gasteiger partial charge in [-0.05, 0) is 18.6 Å². The number of carboxylic acid groups (broad SMARTS) is 1. The molecule has 2 rings (SSSR count). The quantitative estimate of drug-likeness (QED) is 0.667. The number of aromatic amines is 1. The van der Waals surface area contributed by atoms with Crippen LogP contribution in [0.5, 0.6) is 0 Å². The molecular formula is C14H17N3O3. The van der Waals surface area contributed by atoms with Gasteiger partial charge in [0.25, 0.3) is 0 Å². The molecule has 1 heterocycles. The number of nitrogens with one attached hydrogen (secondary N) is 2. The number of amides is 1. The third kappa shape index (κ3) is 4.08. The second kappa shape index (κ2) is 6.70. The molecule has 0 saturated carbocycles. The van der Waals surface area contributed by atoms with Gasteiger partial charge in [0.05, 0.1) is 11.0 Å². The molecule has 20 heavy (non-hydrogen) atoms. The van der Waals surface area contributed by atoms with Crippen molar-refractivity contribution in [1.29, 1.82) is 0 Å². The van der Waals surface area contributed by atoms with E-state index in [0.717, 1.165) is 16.9 Å². The van der Waals surface area contributed by atoms with Gasteiger partial charge in [0.2, 0.25) is 5.91 Å². The number of aromatic nitrogens is 2. The van der Waals surface area contributed by atoms with Crippen LogP contribution in [0, 0.1) is 0 Å². The number of hydrogen-bond acceptors (Lipinski definition) is 3. The molecule has 0 saturated heterocycles. The lowest BCUT2D eigenvalue weighted by molar-refractivity contribution is -0.137. The van der Waals surface area contributed by atoms with Crippen LogP contribution in [0.3, 0.4) is 0 Å². The average molecular weight is 275 g/mol. The predicted molar refractivity (Wildman–Crippen MR) is 74.3 cm³/mol. The Balaban J connectivity index is 1.74. The van der Waals surface area contributed by atoms with Crippen molar-refractivity contribution in [2.75, 3.05) is 6.54 Å². The Morgan fingerprint density at radius 3 is 2.80 bits per heavy atom. The van der Waals surface area contributed by atoms with E-state index in [1.807, 2.05) is 24.3 Å². The Bertz CT molecular complexity index is 573. The molecule has 0 unspecified atom stereocenters. The van der Waals surface area contributed by atoms with Crippen molar-refractivity contribution < 1.29 is 14.7 Å². The van der Waals surface area contributed by atoms with Crippen molar-refractivity contribution in [3.63, 3.8) is 0 Å². The first kappa shape index (κ1) is 14.0. The fourth-order valence-corrected chi connectivity index (χ4v) is 1.91. The van der Waals surface area contributed by atoms with E-state index in [1.165, 1.54) is 0 Å². The maximum Gasteiger partial charge on any atom is 0.303 e. The Morgan fingerprint density at radius 2 is 2.05 bits per heavy atom.